The van der Waals surface area contributed by atoms with E-state index in [1.165, 1.54) is 4.90 Å². The third-order valence-corrected chi connectivity index (χ3v) is 5.24. The van der Waals surface area contributed by atoms with E-state index >= 15 is 0 Å². The zero-order chi connectivity index (χ0) is 22.7. The maximum Gasteiger partial charge on any atom is 0.266 e. The van der Waals surface area contributed by atoms with Crippen molar-refractivity contribution in [3.05, 3.63) is 70.8 Å². The normalized spacial score (nSPS) is 16.6. The topological polar surface area (TPSA) is 102 Å². The number of amides is 3. The van der Waals surface area contributed by atoms with Crippen LogP contribution in [0.3, 0.4) is 0 Å². The molecule has 7 nitrogen and oxygen atoms in total. The molecular formula is C23H20N4O3S. The van der Waals surface area contributed by atoms with E-state index in [1.54, 1.807) is 30.3 Å². The lowest BCUT2D eigenvalue weighted by Crippen LogP contribution is -2.57. The van der Waals surface area contributed by atoms with Crippen LogP contribution in [0.15, 0.2) is 54.1 Å². The van der Waals surface area contributed by atoms with Crippen molar-refractivity contribution in [2.75, 3.05) is 10.2 Å². The van der Waals surface area contributed by atoms with Crippen molar-refractivity contribution >= 4 is 46.4 Å². The fraction of sp³-hybridized carbons (Fsp3) is 0.174. The largest absolute Gasteiger partial charge is 0.321 e. The lowest BCUT2D eigenvalue weighted by molar-refractivity contribution is -0.131. The maximum atomic E-state index is 13.1. The van der Waals surface area contributed by atoms with Gasteiger partial charge in [0, 0.05) is 5.69 Å². The molecule has 2 aromatic rings. The summed E-state index contributed by atoms with van der Waals surface area (Å²) in [7, 11) is 0. The van der Waals surface area contributed by atoms with Gasteiger partial charge in [0.05, 0.1) is 5.69 Å². The van der Waals surface area contributed by atoms with E-state index in [0.29, 0.717) is 11.4 Å². The number of hydrogen-bond acceptors (Lipinski definition) is 5. The highest BCUT2D eigenvalue weighted by Crippen LogP contribution is 2.24. The minimum Gasteiger partial charge on any atom is -0.321 e. The zero-order valence-electron chi connectivity index (χ0n) is 17.2. The first-order chi connectivity index (χ1) is 14.7. The molecule has 8 heteroatoms. The summed E-state index contributed by atoms with van der Waals surface area (Å²) >= 11 is 5.19. The molecule has 2 aromatic carbocycles. The van der Waals surface area contributed by atoms with Crippen LogP contribution in [0.4, 0.5) is 11.4 Å². The Morgan fingerprint density at radius 1 is 1.13 bits per heavy atom. The number of nitriles is 1. The number of rotatable bonds is 4. The Bertz CT molecular complexity index is 1160. The number of thiocarbonyl (C=S) groups is 1. The molecule has 1 saturated heterocycles. The third-order valence-electron chi connectivity index (χ3n) is 4.96. The van der Waals surface area contributed by atoms with Crippen LogP contribution in [-0.4, -0.2) is 22.8 Å². The van der Waals surface area contributed by atoms with Gasteiger partial charge in [-0.1, -0.05) is 23.8 Å². The summed E-state index contributed by atoms with van der Waals surface area (Å²) in [6, 6.07) is 14.1. The van der Waals surface area contributed by atoms with Crippen LogP contribution in [0, 0.1) is 38.0 Å². The average molecular weight is 433 g/mol. The van der Waals surface area contributed by atoms with Crippen molar-refractivity contribution in [3.8, 4) is 6.07 Å². The maximum absolute atomic E-state index is 13.1. The molecule has 1 aliphatic rings. The van der Waals surface area contributed by atoms with E-state index in [4.69, 9.17) is 12.2 Å². The minimum atomic E-state index is -1.37. The van der Waals surface area contributed by atoms with Gasteiger partial charge in [-0.05, 0) is 74.5 Å². The molecule has 0 aliphatic carbocycles. The summed E-state index contributed by atoms with van der Waals surface area (Å²) in [6.07, 6.45) is 1.07. The molecule has 1 atom stereocenters. The third kappa shape index (κ3) is 4.68. The van der Waals surface area contributed by atoms with Crippen molar-refractivity contribution in [1.82, 2.24) is 5.32 Å². The molecule has 1 heterocycles. The van der Waals surface area contributed by atoms with Gasteiger partial charge in [-0.15, -0.1) is 0 Å². The average Bonchev–Trinajstić information content (AvgIpc) is 2.72. The lowest BCUT2D eigenvalue weighted by Gasteiger charge is -2.31. The van der Waals surface area contributed by atoms with Gasteiger partial charge in [-0.2, -0.15) is 5.26 Å². The Labute approximate surface area is 185 Å². The van der Waals surface area contributed by atoms with Crippen LogP contribution >= 0.6 is 12.2 Å². The second-order valence-electron chi connectivity index (χ2n) is 7.23. The van der Waals surface area contributed by atoms with Gasteiger partial charge < -0.3 is 10.6 Å². The molecule has 0 unspecified atom stereocenters. The van der Waals surface area contributed by atoms with Crippen LogP contribution in [0.1, 0.15) is 16.7 Å². The molecule has 2 N–H and O–H groups in total. The molecule has 3 rings (SSSR count). The minimum absolute atomic E-state index is 0.0504. The molecule has 0 saturated carbocycles. The number of nitrogens with one attached hydrogen (secondary N) is 2. The lowest BCUT2D eigenvalue weighted by atomic mass is 10.00. The molecule has 3 amide bonds. The van der Waals surface area contributed by atoms with Gasteiger partial charge in [0.25, 0.3) is 5.91 Å². The molecule has 0 bridgehead atoms. The fourth-order valence-corrected chi connectivity index (χ4v) is 3.31. The van der Waals surface area contributed by atoms with Crippen molar-refractivity contribution in [2.45, 2.75) is 20.8 Å². The van der Waals surface area contributed by atoms with Crippen LogP contribution < -0.4 is 15.5 Å². The predicted molar refractivity (Wildman–Crippen MR) is 121 cm³/mol. The molecule has 1 fully saturated rings. The van der Waals surface area contributed by atoms with E-state index in [-0.39, 0.29) is 10.7 Å². The van der Waals surface area contributed by atoms with Gasteiger partial charge in [0.15, 0.2) is 5.11 Å². The predicted octanol–water partition coefficient (Wildman–Crippen LogP) is 3.06. The summed E-state index contributed by atoms with van der Waals surface area (Å²) in [5, 5.41) is 14.5. The SMILES string of the molecule is Cc1ccc(NC(=O)/C(C#N)=C/[C@H]2C(=O)NC(=S)N(c3ccc(C)c(C)c3)C2=O)cc1. The van der Waals surface area contributed by atoms with Crippen molar-refractivity contribution < 1.29 is 14.4 Å². The fourth-order valence-electron chi connectivity index (χ4n) is 3.01. The smallest absolute Gasteiger partial charge is 0.266 e. The van der Waals surface area contributed by atoms with Crippen LogP contribution in [0.5, 0.6) is 0 Å². The summed E-state index contributed by atoms with van der Waals surface area (Å²) in [6.45, 7) is 5.75. The molecule has 0 spiro atoms. The number of hydrogen-bond donors (Lipinski definition) is 2. The van der Waals surface area contributed by atoms with E-state index < -0.39 is 23.6 Å². The van der Waals surface area contributed by atoms with Gasteiger partial charge in [-0.25, -0.2) is 0 Å². The number of aryl methyl sites for hydroxylation is 3. The number of carbonyl (C=O) groups is 3. The Kier molecular flexibility index (Phi) is 6.28. The highest BCUT2D eigenvalue weighted by atomic mass is 32.1. The van der Waals surface area contributed by atoms with Gasteiger partial charge in [0.1, 0.15) is 17.6 Å². The Balaban J connectivity index is 1.89. The Morgan fingerprint density at radius 2 is 1.81 bits per heavy atom. The first-order valence-corrected chi connectivity index (χ1v) is 9.88. The van der Waals surface area contributed by atoms with E-state index in [0.717, 1.165) is 22.8 Å². The summed E-state index contributed by atoms with van der Waals surface area (Å²) < 4.78 is 0. The van der Waals surface area contributed by atoms with E-state index in [2.05, 4.69) is 10.6 Å². The van der Waals surface area contributed by atoms with Crippen LogP contribution in [0.25, 0.3) is 0 Å². The summed E-state index contributed by atoms with van der Waals surface area (Å²) in [4.78, 5) is 39.3. The number of nitrogens with zero attached hydrogens (tertiary/aromatic N) is 2. The Morgan fingerprint density at radius 3 is 2.42 bits per heavy atom. The van der Waals surface area contributed by atoms with Crippen molar-refractivity contribution in [3.63, 3.8) is 0 Å². The van der Waals surface area contributed by atoms with E-state index in [9.17, 15) is 19.6 Å². The summed E-state index contributed by atoms with van der Waals surface area (Å²) in [5.41, 5.74) is 3.66. The standard InChI is InChI=1S/C23H20N4O3S/c1-13-4-7-17(8-5-13)25-20(28)16(12-24)11-19-21(29)26-23(31)27(22(19)30)18-9-6-14(2)15(3)10-18/h4-11,19H,1-3H3,(H,25,28)(H,26,29,31)/b16-11+/t19-/m0/s1. The van der Waals surface area contributed by atoms with Crippen molar-refractivity contribution in [2.24, 2.45) is 5.92 Å². The molecule has 0 aromatic heterocycles. The molecule has 1 aliphatic heterocycles. The van der Waals surface area contributed by atoms with Gasteiger partial charge in [0.2, 0.25) is 11.8 Å². The molecule has 156 valence electrons. The van der Waals surface area contributed by atoms with Gasteiger partial charge in [-0.3, -0.25) is 19.3 Å². The first-order valence-electron chi connectivity index (χ1n) is 9.47. The Hall–Kier alpha value is -3.83. The second-order valence-corrected chi connectivity index (χ2v) is 7.61. The molecule has 0 radical (unpaired) electrons. The second kappa shape index (κ2) is 8.90. The zero-order valence-corrected chi connectivity index (χ0v) is 18.0. The van der Waals surface area contributed by atoms with Crippen LogP contribution in [-0.2, 0) is 14.4 Å². The van der Waals surface area contributed by atoms with E-state index in [1.807, 2.05) is 39.0 Å². The summed E-state index contributed by atoms with van der Waals surface area (Å²) in [5.74, 6) is -3.40. The highest BCUT2D eigenvalue weighted by molar-refractivity contribution is 7.80. The molecule has 31 heavy (non-hydrogen) atoms. The number of benzene rings is 2. The first kappa shape index (κ1) is 21.9. The van der Waals surface area contributed by atoms with Crippen molar-refractivity contribution in [1.29, 1.82) is 5.26 Å². The van der Waals surface area contributed by atoms with Gasteiger partial charge >= 0.3 is 0 Å². The quantitative estimate of drug-likeness (QED) is 0.335. The van der Waals surface area contributed by atoms with Crippen LogP contribution in [0.2, 0.25) is 0 Å². The number of anilines is 2. The monoisotopic (exact) mass is 432 g/mol. The molecular weight excluding hydrogens is 412 g/mol. The number of carbonyl (C=O) groups excluding carboxylic acids is 3. The highest BCUT2D eigenvalue weighted by Gasteiger charge is 2.39.